The molecule has 3 atom stereocenters. The van der Waals surface area contributed by atoms with Gasteiger partial charge in [0.05, 0.1) is 34.2 Å². The number of benzene rings is 2. The monoisotopic (exact) mass is 450 g/mol. The van der Waals surface area contributed by atoms with Crippen LogP contribution in [0, 0.1) is 25.2 Å². The zero-order valence-corrected chi connectivity index (χ0v) is 19.4. The van der Waals surface area contributed by atoms with Gasteiger partial charge in [-0.05, 0) is 57.0 Å². The Morgan fingerprint density at radius 3 is 2.31 bits per heavy atom. The highest BCUT2D eigenvalue weighted by Crippen LogP contribution is 2.36. The summed E-state index contributed by atoms with van der Waals surface area (Å²) < 4.78 is 33.3. The van der Waals surface area contributed by atoms with Crippen LogP contribution in [-0.4, -0.2) is 43.7 Å². The summed E-state index contributed by atoms with van der Waals surface area (Å²) in [7, 11) is -4.04. The molecule has 7 nitrogen and oxygen atoms in total. The average molecular weight is 451 g/mol. The number of morpholine rings is 1. The third-order valence-corrected chi connectivity index (χ3v) is 7.63. The molecule has 1 aliphatic heterocycles. The Kier molecular flexibility index (Phi) is 5.89. The molecule has 0 N–H and O–H groups in total. The molecule has 0 spiro atoms. The molecule has 1 fully saturated rings. The van der Waals surface area contributed by atoms with E-state index in [-0.39, 0.29) is 22.8 Å². The fourth-order valence-electron chi connectivity index (χ4n) is 4.18. The van der Waals surface area contributed by atoms with Crippen molar-refractivity contribution in [3.05, 3.63) is 59.3 Å². The molecule has 3 aromatic rings. The number of sulfone groups is 1. The Bertz CT molecular complexity index is 1310. The van der Waals surface area contributed by atoms with Gasteiger partial charge < -0.3 is 9.64 Å². The molecule has 0 amide bonds. The lowest BCUT2D eigenvalue weighted by Crippen LogP contribution is -2.46. The van der Waals surface area contributed by atoms with Crippen LogP contribution in [0.15, 0.2) is 47.4 Å². The maximum absolute atomic E-state index is 13.7. The highest BCUT2D eigenvalue weighted by Gasteiger charge is 2.37. The van der Waals surface area contributed by atoms with E-state index in [0.717, 1.165) is 5.56 Å². The molecule has 1 saturated heterocycles. The van der Waals surface area contributed by atoms with Crippen molar-refractivity contribution in [2.45, 2.75) is 50.0 Å². The van der Waals surface area contributed by atoms with E-state index in [0.29, 0.717) is 35.5 Å². The van der Waals surface area contributed by atoms with Gasteiger partial charge in [0, 0.05) is 13.1 Å². The summed E-state index contributed by atoms with van der Waals surface area (Å²) in [4.78, 5) is 11.6. The fraction of sp³-hybridized carbons (Fsp3) is 0.375. The van der Waals surface area contributed by atoms with Crippen molar-refractivity contribution in [2.24, 2.45) is 0 Å². The maximum atomic E-state index is 13.7. The van der Waals surface area contributed by atoms with Crippen LogP contribution in [0.3, 0.4) is 0 Å². The Morgan fingerprint density at radius 2 is 1.69 bits per heavy atom. The SMILES string of the molecule is Cc1ccc(C)c(S(=O)(=O)[C@H](C#N)c2nc3ccccc3nc2N2C[C@@H](C)O[C@@H](C)C2)c1. The minimum atomic E-state index is -4.04. The second-order valence-corrected chi connectivity index (χ2v) is 10.4. The molecule has 0 bridgehead atoms. The largest absolute Gasteiger partial charge is 0.372 e. The molecule has 0 radical (unpaired) electrons. The van der Waals surface area contributed by atoms with Crippen molar-refractivity contribution in [3.8, 4) is 6.07 Å². The maximum Gasteiger partial charge on any atom is 0.200 e. The quantitative estimate of drug-likeness (QED) is 0.595. The molecule has 32 heavy (non-hydrogen) atoms. The van der Waals surface area contributed by atoms with E-state index in [1.54, 1.807) is 25.1 Å². The van der Waals surface area contributed by atoms with Gasteiger partial charge in [0.25, 0.3) is 0 Å². The van der Waals surface area contributed by atoms with Gasteiger partial charge in [-0.3, -0.25) is 0 Å². The predicted octanol–water partition coefficient (Wildman–Crippen LogP) is 3.90. The highest BCUT2D eigenvalue weighted by molar-refractivity contribution is 7.92. The lowest BCUT2D eigenvalue weighted by Gasteiger charge is -2.37. The van der Waals surface area contributed by atoms with Gasteiger partial charge in [-0.1, -0.05) is 24.3 Å². The van der Waals surface area contributed by atoms with E-state index in [1.807, 2.05) is 56.0 Å². The van der Waals surface area contributed by atoms with E-state index >= 15 is 0 Å². The average Bonchev–Trinajstić information content (AvgIpc) is 2.74. The Hall–Kier alpha value is -3.02. The van der Waals surface area contributed by atoms with E-state index in [1.165, 1.54) is 0 Å². The van der Waals surface area contributed by atoms with E-state index in [4.69, 9.17) is 9.72 Å². The minimum absolute atomic E-state index is 0.0592. The number of hydrogen-bond donors (Lipinski definition) is 0. The summed E-state index contributed by atoms with van der Waals surface area (Å²) >= 11 is 0. The van der Waals surface area contributed by atoms with Crippen LogP contribution < -0.4 is 4.90 Å². The zero-order valence-electron chi connectivity index (χ0n) is 18.6. The molecular weight excluding hydrogens is 424 g/mol. The molecule has 0 saturated carbocycles. The van der Waals surface area contributed by atoms with Crippen LogP contribution in [-0.2, 0) is 14.6 Å². The van der Waals surface area contributed by atoms with Gasteiger partial charge in [-0.15, -0.1) is 0 Å². The van der Waals surface area contributed by atoms with Gasteiger partial charge >= 0.3 is 0 Å². The summed E-state index contributed by atoms with van der Waals surface area (Å²) in [5.74, 6) is 0.422. The second-order valence-electron chi connectivity index (χ2n) is 8.41. The van der Waals surface area contributed by atoms with E-state index < -0.39 is 15.1 Å². The van der Waals surface area contributed by atoms with Crippen molar-refractivity contribution in [3.63, 3.8) is 0 Å². The lowest BCUT2D eigenvalue weighted by molar-refractivity contribution is -0.00550. The standard InChI is InChI=1S/C24H26N4O3S/c1-15-9-10-16(2)21(11-15)32(29,30)22(12-25)23-24(28-13-17(3)31-18(4)14-28)27-20-8-6-5-7-19(20)26-23/h5-11,17-18,22H,13-14H2,1-4H3/t17-,18+,22-/m1/s1. The van der Waals surface area contributed by atoms with Crippen LogP contribution in [0.2, 0.25) is 0 Å². The van der Waals surface area contributed by atoms with Gasteiger partial charge in [0.1, 0.15) is 5.69 Å². The first-order valence-electron chi connectivity index (χ1n) is 10.6. The van der Waals surface area contributed by atoms with Crippen molar-refractivity contribution in [1.29, 1.82) is 5.26 Å². The second kappa shape index (κ2) is 8.49. The highest BCUT2D eigenvalue weighted by atomic mass is 32.2. The van der Waals surface area contributed by atoms with Crippen LogP contribution in [0.25, 0.3) is 11.0 Å². The molecule has 4 rings (SSSR count). The number of ether oxygens (including phenoxy) is 1. The number of aromatic nitrogens is 2. The molecule has 1 aliphatic rings. The zero-order chi connectivity index (χ0) is 23.0. The summed E-state index contributed by atoms with van der Waals surface area (Å²) in [5.41, 5.74) is 2.77. The first-order chi connectivity index (χ1) is 15.2. The third kappa shape index (κ3) is 4.06. The van der Waals surface area contributed by atoms with Gasteiger partial charge in [0.15, 0.2) is 11.1 Å². The number of fused-ring (bicyclic) bond motifs is 1. The topological polar surface area (TPSA) is 96.2 Å². The molecule has 0 unspecified atom stereocenters. The van der Waals surface area contributed by atoms with Crippen molar-refractivity contribution >= 4 is 26.7 Å². The van der Waals surface area contributed by atoms with E-state index in [2.05, 4.69) is 4.98 Å². The van der Waals surface area contributed by atoms with Crippen LogP contribution in [0.1, 0.15) is 35.9 Å². The van der Waals surface area contributed by atoms with Crippen molar-refractivity contribution < 1.29 is 13.2 Å². The number of anilines is 1. The van der Waals surface area contributed by atoms with Crippen LogP contribution in [0.4, 0.5) is 5.82 Å². The predicted molar refractivity (Wildman–Crippen MR) is 123 cm³/mol. The fourth-order valence-corrected chi connectivity index (χ4v) is 5.89. The number of hydrogen-bond acceptors (Lipinski definition) is 7. The van der Waals surface area contributed by atoms with Crippen LogP contribution >= 0.6 is 0 Å². The number of nitrogens with zero attached hydrogens (tertiary/aromatic N) is 4. The molecule has 8 heteroatoms. The number of aryl methyl sites for hydroxylation is 2. The number of nitriles is 1. The molecule has 166 valence electrons. The van der Waals surface area contributed by atoms with Crippen molar-refractivity contribution in [2.75, 3.05) is 18.0 Å². The Labute approximate surface area is 188 Å². The van der Waals surface area contributed by atoms with Gasteiger partial charge in [0.2, 0.25) is 9.84 Å². The summed E-state index contributed by atoms with van der Waals surface area (Å²) in [6, 6.07) is 14.5. The van der Waals surface area contributed by atoms with Gasteiger partial charge in [-0.25, -0.2) is 18.4 Å². The Balaban J connectivity index is 1.93. The number of rotatable bonds is 4. The Morgan fingerprint density at radius 1 is 1.06 bits per heavy atom. The molecule has 2 heterocycles. The smallest absolute Gasteiger partial charge is 0.200 e. The first-order valence-corrected chi connectivity index (χ1v) is 12.1. The first kappa shape index (κ1) is 22.2. The van der Waals surface area contributed by atoms with Gasteiger partial charge in [-0.2, -0.15) is 5.26 Å². The van der Waals surface area contributed by atoms with E-state index in [9.17, 15) is 13.7 Å². The normalized spacial score (nSPS) is 20.2. The third-order valence-electron chi connectivity index (χ3n) is 5.62. The summed E-state index contributed by atoms with van der Waals surface area (Å²) in [6.45, 7) is 8.56. The lowest BCUT2D eigenvalue weighted by atomic mass is 10.2. The van der Waals surface area contributed by atoms with Crippen LogP contribution in [0.5, 0.6) is 0 Å². The summed E-state index contributed by atoms with van der Waals surface area (Å²) in [5, 5.41) is 8.61. The molecule has 2 aromatic carbocycles. The van der Waals surface area contributed by atoms with Crippen molar-refractivity contribution in [1.82, 2.24) is 9.97 Å². The minimum Gasteiger partial charge on any atom is -0.372 e. The molecule has 0 aliphatic carbocycles. The molecule has 1 aromatic heterocycles. The number of para-hydroxylation sites is 2. The molecular formula is C24H26N4O3S. The summed E-state index contributed by atoms with van der Waals surface area (Å²) in [6.07, 6.45) is -0.118.